The van der Waals surface area contributed by atoms with Gasteiger partial charge >= 0.3 is 0 Å². The van der Waals surface area contributed by atoms with Crippen molar-refractivity contribution in [2.75, 3.05) is 11.5 Å². The molecule has 6 heteroatoms. The van der Waals surface area contributed by atoms with Crippen molar-refractivity contribution in [2.45, 2.75) is 24.5 Å². The molecule has 0 aliphatic carbocycles. The molecule has 5 nitrogen and oxygen atoms in total. The Morgan fingerprint density at radius 3 is 2.87 bits per heavy atom. The molecule has 1 atom stereocenters. The first-order valence-corrected chi connectivity index (χ1v) is 6.61. The van der Waals surface area contributed by atoms with E-state index < -0.39 is 15.1 Å². The van der Waals surface area contributed by atoms with Crippen LogP contribution in [0.4, 0.5) is 5.69 Å². The Balaban J connectivity index is 2.37. The summed E-state index contributed by atoms with van der Waals surface area (Å²) in [6.07, 6.45) is 3.70. The largest absolute Gasteiger partial charge is 0.397 e. The molecule has 1 aliphatic rings. The van der Waals surface area contributed by atoms with Gasteiger partial charge in [-0.15, -0.1) is 0 Å². The van der Waals surface area contributed by atoms with Crippen LogP contribution in [0.1, 0.15) is 30.2 Å². The van der Waals surface area contributed by atoms with Gasteiger partial charge in [-0.1, -0.05) is 6.42 Å². The minimum absolute atomic E-state index is 0.244. The molecule has 0 aromatic carbocycles. The lowest BCUT2D eigenvalue weighted by atomic mass is 10.1. The number of hydrogen-bond acceptors (Lipinski definition) is 5. The van der Waals surface area contributed by atoms with Crippen molar-refractivity contribution in [3.63, 3.8) is 0 Å². The topological polar surface area (TPSA) is 85.9 Å². The summed E-state index contributed by atoms with van der Waals surface area (Å²) >= 11 is 0. The Bertz CT molecular complexity index is 458. The first-order valence-electron chi connectivity index (χ1n) is 4.89. The van der Waals surface area contributed by atoms with E-state index in [1.807, 2.05) is 0 Å². The first kappa shape index (κ1) is 10.4. The first-order chi connectivity index (χ1) is 7.09. The van der Waals surface area contributed by atoms with Crippen LogP contribution in [0, 0.1) is 0 Å². The van der Waals surface area contributed by atoms with Crippen LogP contribution in [-0.4, -0.2) is 24.4 Å². The molecule has 0 spiro atoms. The Morgan fingerprint density at radius 2 is 2.20 bits per heavy atom. The van der Waals surface area contributed by atoms with Crippen LogP contribution in [0.25, 0.3) is 0 Å². The highest BCUT2D eigenvalue weighted by Gasteiger charge is 2.31. The average Bonchev–Trinajstić information content (AvgIpc) is 2.17. The molecular formula is C9H13N3O2S. The zero-order valence-electron chi connectivity index (χ0n) is 8.26. The van der Waals surface area contributed by atoms with Gasteiger partial charge in [0.25, 0.3) is 0 Å². The molecule has 1 aliphatic heterocycles. The summed E-state index contributed by atoms with van der Waals surface area (Å²) in [5.41, 5.74) is 6.50. The van der Waals surface area contributed by atoms with E-state index in [-0.39, 0.29) is 5.75 Å². The molecule has 0 bridgehead atoms. The minimum Gasteiger partial charge on any atom is -0.397 e. The summed E-state index contributed by atoms with van der Waals surface area (Å²) < 4.78 is 23.6. The van der Waals surface area contributed by atoms with Gasteiger partial charge in [0.15, 0.2) is 9.84 Å². The predicted octanol–water partition coefficient (Wildman–Crippen LogP) is 0.699. The molecule has 1 fully saturated rings. The van der Waals surface area contributed by atoms with Crippen LogP contribution >= 0.6 is 0 Å². The van der Waals surface area contributed by atoms with Crippen LogP contribution in [-0.2, 0) is 9.84 Å². The van der Waals surface area contributed by atoms with Crippen LogP contribution in [0.2, 0.25) is 0 Å². The van der Waals surface area contributed by atoms with Gasteiger partial charge in [-0.25, -0.2) is 8.42 Å². The average molecular weight is 227 g/mol. The standard InChI is InChI=1S/C9H13N3O2S/c10-7-5-8(12-11-6-7)9-3-1-2-4-15(9,13)14/h5-6,9H,1-4H2,(H2,10,12). The normalized spacial score (nSPS) is 24.9. The van der Waals surface area contributed by atoms with Crippen LogP contribution < -0.4 is 5.73 Å². The molecule has 1 saturated heterocycles. The molecule has 1 aromatic rings. The highest BCUT2D eigenvalue weighted by Crippen LogP contribution is 2.32. The molecule has 82 valence electrons. The second-order valence-electron chi connectivity index (χ2n) is 3.77. The van der Waals surface area contributed by atoms with Crippen LogP contribution in [0.15, 0.2) is 12.3 Å². The van der Waals surface area contributed by atoms with Gasteiger partial charge in [0.05, 0.1) is 23.3 Å². The van der Waals surface area contributed by atoms with E-state index in [4.69, 9.17) is 5.73 Å². The van der Waals surface area contributed by atoms with Crippen molar-refractivity contribution < 1.29 is 8.42 Å². The van der Waals surface area contributed by atoms with Gasteiger partial charge in [-0.2, -0.15) is 10.2 Å². The van der Waals surface area contributed by atoms with Crippen molar-refractivity contribution in [3.05, 3.63) is 18.0 Å². The second-order valence-corrected chi connectivity index (χ2v) is 6.07. The monoisotopic (exact) mass is 227 g/mol. The number of anilines is 1. The van der Waals surface area contributed by atoms with E-state index in [1.165, 1.54) is 6.20 Å². The Morgan fingerprint density at radius 1 is 1.40 bits per heavy atom. The van der Waals surface area contributed by atoms with E-state index >= 15 is 0 Å². The highest BCUT2D eigenvalue weighted by molar-refractivity contribution is 7.91. The summed E-state index contributed by atoms with van der Waals surface area (Å²) in [7, 11) is -3.05. The number of sulfone groups is 1. The molecule has 1 aromatic heterocycles. The number of aromatic nitrogens is 2. The number of nitrogens with zero attached hydrogens (tertiary/aromatic N) is 2. The second kappa shape index (κ2) is 3.77. The molecule has 2 heterocycles. The van der Waals surface area contributed by atoms with Gasteiger partial charge in [-0.05, 0) is 18.9 Å². The van der Waals surface area contributed by atoms with Gasteiger partial charge < -0.3 is 5.73 Å². The quantitative estimate of drug-likeness (QED) is 0.763. The smallest absolute Gasteiger partial charge is 0.158 e. The third-order valence-corrected chi connectivity index (χ3v) is 4.80. The minimum atomic E-state index is -3.05. The fourth-order valence-corrected chi connectivity index (χ4v) is 3.74. The van der Waals surface area contributed by atoms with Crippen molar-refractivity contribution in [1.82, 2.24) is 10.2 Å². The van der Waals surface area contributed by atoms with E-state index in [2.05, 4.69) is 10.2 Å². The van der Waals surface area contributed by atoms with E-state index in [0.29, 0.717) is 17.8 Å². The number of rotatable bonds is 1. The summed E-state index contributed by atoms with van der Waals surface area (Å²) in [4.78, 5) is 0. The van der Waals surface area contributed by atoms with Crippen molar-refractivity contribution >= 4 is 15.5 Å². The molecular weight excluding hydrogens is 214 g/mol. The van der Waals surface area contributed by atoms with Gasteiger partial charge in [0, 0.05) is 0 Å². The lowest BCUT2D eigenvalue weighted by Crippen LogP contribution is -2.22. The highest BCUT2D eigenvalue weighted by atomic mass is 32.2. The summed E-state index contributed by atoms with van der Waals surface area (Å²) in [5.74, 6) is 0.244. The molecule has 2 rings (SSSR count). The van der Waals surface area contributed by atoms with Crippen molar-refractivity contribution in [2.24, 2.45) is 0 Å². The maximum atomic E-state index is 11.8. The lowest BCUT2D eigenvalue weighted by Gasteiger charge is -2.21. The number of nitrogens with two attached hydrogens (primary N) is 1. The zero-order chi connectivity index (χ0) is 10.9. The van der Waals surface area contributed by atoms with Gasteiger partial charge in [-0.3, -0.25) is 0 Å². The Hall–Kier alpha value is -1.17. The van der Waals surface area contributed by atoms with Crippen LogP contribution in [0.5, 0.6) is 0 Å². The van der Waals surface area contributed by atoms with Gasteiger partial charge in [0.1, 0.15) is 5.25 Å². The van der Waals surface area contributed by atoms with E-state index in [0.717, 1.165) is 12.8 Å². The molecule has 0 amide bonds. The van der Waals surface area contributed by atoms with E-state index in [9.17, 15) is 8.42 Å². The maximum Gasteiger partial charge on any atom is 0.158 e. The Kier molecular flexibility index (Phi) is 2.60. The molecule has 2 N–H and O–H groups in total. The molecule has 0 radical (unpaired) electrons. The maximum absolute atomic E-state index is 11.8. The third kappa shape index (κ3) is 2.09. The summed E-state index contributed by atoms with van der Waals surface area (Å²) in [5, 5.41) is 7.02. The predicted molar refractivity (Wildman–Crippen MR) is 56.8 cm³/mol. The number of nitrogen functional groups attached to an aromatic ring is 1. The SMILES string of the molecule is Nc1cnnc(C2CCCCS2(=O)=O)c1. The summed E-state index contributed by atoms with van der Waals surface area (Å²) in [6.45, 7) is 0. The molecule has 0 saturated carbocycles. The third-order valence-electron chi connectivity index (χ3n) is 2.60. The van der Waals surface area contributed by atoms with Crippen LogP contribution in [0.3, 0.4) is 0 Å². The van der Waals surface area contributed by atoms with Crippen molar-refractivity contribution in [1.29, 1.82) is 0 Å². The fourth-order valence-electron chi connectivity index (χ4n) is 1.84. The summed E-state index contributed by atoms with van der Waals surface area (Å²) in [6, 6.07) is 1.60. The van der Waals surface area contributed by atoms with Crippen molar-refractivity contribution in [3.8, 4) is 0 Å². The molecule has 15 heavy (non-hydrogen) atoms. The zero-order valence-corrected chi connectivity index (χ0v) is 9.07. The lowest BCUT2D eigenvalue weighted by molar-refractivity contribution is 0.541. The fraction of sp³-hybridized carbons (Fsp3) is 0.556. The van der Waals surface area contributed by atoms with Gasteiger partial charge in [0.2, 0.25) is 0 Å². The number of hydrogen-bond donors (Lipinski definition) is 1. The Labute approximate surface area is 88.6 Å². The molecule has 1 unspecified atom stereocenters. The van der Waals surface area contributed by atoms with E-state index in [1.54, 1.807) is 6.07 Å².